The van der Waals surface area contributed by atoms with Crippen molar-refractivity contribution in [2.24, 2.45) is 0 Å². The van der Waals surface area contributed by atoms with E-state index in [1.54, 1.807) is 0 Å². The number of nitrogens with one attached hydrogen (secondary N) is 1. The molecule has 0 aromatic heterocycles. The third kappa shape index (κ3) is 1.37. The van der Waals surface area contributed by atoms with Crippen molar-refractivity contribution in [3.05, 3.63) is 66.7 Å². The Balaban J connectivity index is 2.16. The monoisotopic (exact) mass is 283 g/mol. The average molecular weight is 283 g/mol. The van der Waals surface area contributed by atoms with Crippen LogP contribution >= 0.6 is 0 Å². The molecule has 0 aliphatic carbocycles. The summed E-state index contributed by atoms with van der Waals surface area (Å²) >= 11 is 0. The van der Waals surface area contributed by atoms with Crippen molar-refractivity contribution in [1.82, 2.24) is 0 Å². The molecule has 5 rings (SSSR count). The lowest BCUT2D eigenvalue weighted by Crippen LogP contribution is -1.92. The molecule has 104 valence electrons. The van der Waals surface area contributed by atoms with Gasteiger partial charge in [0, 0.05) is 5.39 Å². The van der Waals surface area contributed by atoms with Crippen molar-refractivity contribution in [3.8, 4) is 0 Å². The van der Waals surface area contributed by atoms with Crippen molar-refractivity contribution in [1.29, 1.82) is 0 Å². The number of fused-ring (bicyclic) bond motifs is 2. The minimum absolute atomic E-state index is 0.745. The Labute approximate surface area is 126 Å². The van der Waals surface area contributed by atoms with Crippen LogP contribution in [0.3, 0.4) is 0 Å². The fraction of sp³-hybridized carbons (Fsp3) is 0. The lowest BCUT2D eigenvalue weighted by molar-refractivity contribution is 0.390. The maximum atomic E-state index is 9.39. The van der Waals surface area contributed by atoms with Crippen molar-refractivity contribution >= 4 is 48.8 Å². The number of anilines is 1. The van der Waals surface area contributed by atoms with E-state index in [1.165, 1.54) is 37.7 Å². The van der Waals surface area contributed by atoms with Gasteiger partial charge >= 0.3 is 0 Å². The van der Waals surface area contributed by atoms with Gasteiger partial charge in [-0.25, -0.2) is 0 Å². The SMILES string of the molecule is ONc1ccc2ccc3c4ccccc4cc4ccc1c2c43. The molecule has 0 aliphatic rings. The van der Waals surface area contributed by atoms with Crippen molar-refractivity contribution in [2.75, 3.05) is 5.48 Å². The van der Waals surface area contributed by atoms with Gasteiger partial charge in [0.25, 0.3) is 0 Å². The van der Waals surface area contributed by atoms with Crippen LogP contribution < -0.4 is 5.48 Å². The van der Waals surface area contributed by atoms with Crippen LogP contribution in [0.15, 0.2) is 66.7 Å². The first kappa shape index (κ1) is 11.8. The minimum Gasteiger partial charge on any atom is -0.291 e. The fourth-order valence-electron chi connectivity index (χ4n) is 3.65. The zero-order valence-electron chi connectivity index (χ0n) is 11.8. The molecule has 0 spiro atoms. The molecule has 5 aromatic carbocycles. The van der Waals surface area contributed by atoms with E-state index in [0.29, 0.717) is 0 Å². The van der Waals surface area contributed by atoms with Gasteiger partial charge in [0.2, 0.25) is 0 Å². The second-order valence-corrected chi connectivity index (χ2v) is 5.75. The predicted molar refractivity (Wildman–Crippen MR) is 93.1 cm³/mol. The zero-order valence-corrected chi connectivity index (χ0v) is 11.8. The van der Waals surface area contributed by atoms with Gasteiger partial charge in [-0.1, -0.05) is 54.6 Å². The lowest BCUT2D eigenvalue weighted by Gasteiger charge is -2.14. The van der Waals surface area contributed by atoms with Gasteiger partial charge in [-0.3, -0.25) is 10.7 Å². The Bertz CT molecular complexity index is 1160. The van der Waals surface area contributed by atoms with E-state index in [-0.39, 0.29) is 0 Å². The largest absolute Gasteiger partial charge is 0.291 e. The summed E-state index contributed by atoms with van der Waals surface area (Å²) in [4.78, 5) is 0. The van der Waals surface area contributed by atoms with E-state index < -0.39 is 0 Å². The second-order valence-electron chi connectivity index (χ2n) is 5.75. The molecule has 0 radical (unpaired) electrons. The van der Waals surface area contributed by atoms with E-state index in [2.05, 4.69) is 66.1 Å². The van der Waals surface area contributed by atoms with Crippen LogP contribution in [-0.4, -0.2) is 5.21 Å². The molecule has 2 heteroatoms. The maximum Gasteiger partial charge on any atom is 0.0681 e. The average Bonchev–Trinajstić information content (AvgIpc) is 2.58. The van der Waals surface area contributed by atoms with Gasteiger partial charge < -0.3 is 0 Å². The molecule has 0 saturated heterocycles. The first-order valence-electron chi connectivity index (χ1n) is 7.36. The highest BCUT2D eigenvalue weighted by Gasteiger charge is 2.12. The first-order valence-corrected chi connectivity index (χ1v) is 7.36. The molecule has 22 heavy (non-hydrogen) atoms. The number of benzene rings is 5. The van der Waals surface area contributed by atoms with Gasteiger partial charge in [0.15, 0.2) is 0 Å². The Hall–Kier alpha value is -2.84. The maximum absolute atomic E-state index is 9.39. The van der Waals surface area contributed by atoms with Crippen molar-refractivity contribution in [2.45, 2.75) is 0 Å². The molecular weight excluding hydrogens is 270 g/mol. The molecule has 0 unspecified atom stereocenters. The molecule has 2 N–H and O–H groups in total. The van der Waals surface area contributed by atoms with Crippen LogP contribution in [0.4, 0.5) is 5.69 Å². The van der Waals surface area contributed by atoms with Gasteiger partial charge in [-0.15, -0.1) is 0 Å². The molecule has 0 fully saturated rings. The highest BCUT2D eigenvalue weighted by Crippen LogP contribution is 2.40. The standard InChI is InChI=1S/C20H13NO/c22-21-18-10-7-12-5-8-16-15-4-2-1-3-13(15)11-14-6-9-17(18)19(12)20(14)16/h1-11,21-22H. The van der Waals surface area contributed by atoms with Gasteiger partial charge in [0.05, 0.1) is 5.69 Å². The zero-order chi connectivity index (χ0) is 14.7. The van der Waals surface area contributed by atoms with Crippen molar-refractivity contribution < 1.29 is 5.21 Å². The summed E-state index contributed by atoms with van der Waals surface area (Å²) in [6.45, 7) is 0. The summed E-state index contributed by atoms with van der Waals surface area (Å²) in [6.07, 6.45) is 0. The van der Waals surface area contributed by atoms with Crippen LogP contribution in [-0.2, 0) is 0 Å². The van der Waals surface area contributed by atoms with E-state index >= 15 is 0 Å². The molecular formula is C20H13NO. The molecule has 0 atom stereocenters. The van der Waals surface area contributed by atoms with Crippen LogP contribution in [0.5, 0.6) is 0 Å². The van der Waals surface area contributed by atoms with Crippen molar-refractivity contribution in [3.63, 3.8) is 0 Å². The Morgan fingerprint density at radius 2 is 1.32 bits per heavy atom. The molecule has 0 heterocycles. The Morgan fingerprint density at radius 3 is 2.23 bits per heavy atom. The number of rotatable bonds is 1. The van der Waals surface area contributed by atoms with Crippen LogP contribution in [0.25, 0.3) is 43.1 Å². The van der Waals surface area contributed by atoms with E-state index in [0.717, 1.165) is 11.1 Å². The minimum atomic E-state index is 0.745. The topological polar surface area (TPSA) is 32.3 Å². The summed E-state index contributed by atoms with van der Waals surface area (Å²) in [6, 6.07) is 23.3. The third-order valence-corrected chi connectivity index (χ3v) is 4.63. The highest BCUT2D eigenvalue weighted by molar-refractivity contribution is 6.30. The van der Waals surface area contributed by atoms with E-state index in [4.69, 9.17) is 0 Å². The first-order chi connectivity index (χ1) is 10.9. The smallest absolute Gasteiger partial charge is 0.0681 e. The highest BCUT2D eigenvalue weighted by atomic mass is 16.5. The summed E-state index contributed by atoms with van der Waals surface area (Å²) in [7, 11) is 0. The Morgan fingerprint density at radius 1 is 0.591 bits per heavy atom. The summed E-state index contributed by atoms with van der Waals surface area (Å²) in [5.41, 5.74) is 3.06. The molecule has 0 amide bonds. The molecule has 2 nitrogen and oxygen atoms in total. The number of hydrogen-bond acceptors (Lipinski definition) is 2. The molecule has 5 aromatic rings. The van der Waals surface area contributed by atoms with Gasteiger partial charge in [0.1, 0.15) is 0 Å². The van der Waals surface area contributed by atoms with E-state index in [1.807, 2.05) is 6.07 Å². The summed E-state index contributed by atoms with van der Waals surface area (Å²) < 4.78 is 0. The van der Waals surface area contributed by atoms with Gasteiger partial charge in [-0.05, 0) is 49.8 Å². The van der Waals surface area contributed by atoms with Gasteiger partial charge in [-0.2, -0.15) is 0 Å². The fourth-order valence-corrected chi connectivity index (χ4v) is 3.65. The molecule has 0 aliphatic heterocycles. The number of hydrogen-bond donors (Lipinski definition) is 2. The molecule has 0 bridgehead atoms. The van der Waals surface area contributed by atoms with Crippen LogP contribution in [0.2, 0.25) is 0 Å². The van der Waals surface area contributed by atoms with Crippen LogP contribution in [0, 0.1) is 0 Å². The second kappa shape index (κ2) is 4.09. The summed E-state index contributed by atoms with van der Waals surface area (Å²) in [5, 5.41) is 19.1. The molecule has 0 saturated carbocycles. The van der Waals surface area contributed by atoms with Crippen LogP contribution in [0.1, 0.15) is 0 Å². The normalized spacial score (nSPS) is 11.9. The predicted octanol–water partition coefficient (Wildman–Crippen LogP) is 5.54. The third-order valence-electron chi connectivity index (χ3n) is 4.63. The quantitative estimate of drug-likeness (QED) is 0.240. The lowest BCUT2D eigenvalue weighted by atomic mass is 9.90. The van der Waals surface area contributed by atoms with E-state index in [9.17, 15) is 5.21 Å². The summed E-state index contributed by atoms with van der Waals surface area (Å²) in [5.74, 6) is 0. The Kier molecular flexibility index (Phi) is 2.19.